The number of carbonyl (C=O) groups is 1. The Balaban J connectivity index is 2.27. The van der Waals surface area contributed by atoms with Crippen molar-refractivity contribution in [1.82, 2.24) is 15.0 Å². The smallest absolute Gasteiger partial charge is 0.326 e. The van der Waals surface area contributed by atoms with E-state index in [1.54, 1.807) is 13.1 Å². The monoisotopic (exact) mass is 262 g/mol. The third kappa shape index (κ3) is 3.01. The molecule has 102 valence electrons. The standard InChI is InChI=1S/C13H18N4O2/c1-3-4-5-10(13(18)19)17-12-9-6-7-14-11(9)15-8(2)16-12/h6-7,10H,3-5H2,1-2H3,(H,18,19)(H2,14,15,16,17). The molecule has 0 bridgehead atoms. The van der Waals surface area contributed by atoms with E-state index in [1.165, 1.54) is 0 Å². The highest BCUT2D eigenvalue weighted by atomic mass is 16.4. The lowest BCUT2D eigenvalue weighted by Gasteiger charge is -2.15. The average Bonchev–Trinajstić information content (AvgIpc) is 2.81. The molecule has 2 rings (SSSR count). The molecule has 0 radical (unpaired) electrons. The zero-order chi connectivity index (χ0) is 13.8. The molecule has 0 spiro atoms. The Morgan fingerprint density at radius 1 is 1.53 bits per heavy atom. The number of aryl methyl sites for hydroxylation is 1. The molecule has 0 saturated carbocycles. The van der Waals surface area contributed by atoms with Crippen LogP contribution in [0.25, 0.3) is 11.0 Å². The highest BCUT2D eigenvalue weighted by Gasteiger charge is 2.18. The maximum Gasteiger partial charge on any atom is 0.326 e. The number of hydrogen-bond acceptors (Lipinski definition) is 4. The summed E-state index contributed by atoms with van der Waals surface area (Å²) in [6.45, 7) is 3.82. The van der Waals surface area contributed by atoms with E-state index in [0.29, 0.717) is 18.1 Å². The van der Waals surface area contributed by atoms with Crippen molar-refractivity contribution in [2.45, 2.75) is 39.2 Å². The molecule has 1 atom stereocenters. The lowest BCUT2D eigenvalue weighted by molar-refractivity contribution is -0.138. The van der Waals surface area contributed by atoms with E-state index >= 15 is 0 Å². The van der Waals surface area contributed by atoms with Crippen LogP contribution in [0.15, 0.2) is 12.3 Å². The SMILES string of the molecule is CCCCC(Nc1nc(C)nc2[nH]ccc12)C(=O)O. The van der Waals surface area contributed by atoms with Gasteiger partial charge >= 0.3 is 5.97 Å². The maximum atomic E-state index is 11.3. The number of hydrogen-bond donors (Lipinski definition) is 3. The highest BCUT2D eigenvalue weighted by Crippen LogP contribution is 2.20. The number of aliphatic carboxylic acids is 1. The fourth-order valence-corrected chi connectivity index (χ4v) is 1.99. The molecule has 0 aromatic carbocycles. The van der Waals surface area contributed by atoms with E-state index in [4.69, 9.17) is 0 Å². The molecule has 0 saturated heterocycles. The van der Waals surface area contributed by atoms with Crippen LogP contribution in [0, 0.1) is 6.92 Å². The van der Waals surface area contributed by atoms with Gasteiger partial charge in [0.05, 0.1) is 5.39 Å². The van der Waals surface area contributed by atoms with Gasteiger partial charge in [0.15, 0.2) is 0 Å². The molecular formula is C13H18N4O2. The first-order valence-electron chi connectivity index (χ1n) is 6.43. The number of carboxylic acids is 1. The van der Waals surface area contributed by atoms with Gasteiger partial charge in [0.1, 0.15) is 23.3 Å². The van der Waals surface area contributed by atoms with Crippen LogP contribution in [0.4, 0.5) is 5.82 Å². The zero-order valence-corrected chi connectivity index (χ0v) is 11.1. The molecule has 2 aromatic heterocycles. The third-order valence-corrected chi connectivity index (χ3v) is 2.98. The summed E-state index contributed by atoms with van der Waals surface area (Å²) in [7, 11) is 0. The second kappa shape index (κ2) is 5.69. The molecule has 6 nitrogen and oxygen atoms in total. The minimum atomic E-state index is -0.853. The Morgan fingerprint density at radius 3 is 3.00 bits per heavy atom. The van der Waals surface area contributed by atoms with Crippen LogP contribution in [0.2, 0.25) is 0 Å². The first-order chi connectivity index (χ1) is 9.11. The van der Waals surface area contributed by atoms with Crippen molar-refractivity contribution in [3.63, 3.8) is 0 Å². The number of fused-ring (bicyclic) bond motifs is 1. The van der Waals surface area contributed by atoms with E-state index in [2.05, 4.69) is 20.3 Å². The van der Waals surface area contributed by atoms with Crippen LogP contribution in [0.3, 0.4) is 0 Å². The van der Waals surface area contributed by atoms with Crippen molar-refractivity contribution in [2.24, 2.45) is 0 Å². The topological polar surface area (TPSA) is 90.9 Å². The van der Waals surface area contributed by atoms with Crippen LogP contribution in [-0.2, 0) is 4.79 Å². The van der Waals surface area contributed by atoms with Crippen LogP contribution < -0.4 is 5.32 Å². The molecule has 0 aliphatic carbocycles. The van der Waals surface area contributed by atoms with Gasteiger partial charge in [-0.05, 0) is 19.4 Å². The number of H-pyrrole nitrogens is 1. The fraction of sp³-hybridized carbons (Fsp3) is 0.462. The van der Waals surface area contributed by atoms with Gasteiger partial charge in [-0.1, -0.05) is 19.8 Å². The molecule has 0 aliphatic heterocycles. The van der Waals surface area contributed by atoms with E-state index in [0.717, 1.165) is 23.9 Å². The van der Waals surface area contributed by atoms with E-state index in [1.807, 2.05) is 13.0 Å². The summed E-state index contributed by atoms with van der Waals surface area (Å²) >= 11 is 0. The summed E-state index contributed by atoms with van der Waals surface area (Å²) in [6, 6.07) is 1.22. The van der Waals surface area contributed by atoms with Gasteiger partial charge in [-0.15, -0.1) is 0 Å². The largest absolute Gasteiger partial charge is 0.480 e. The van der Waals surface area contributed by atoms with Gasteiger partial charge in [0, 0.05) is 6.20 Å². The molecule has 1 unspecified atom stereocenters. The average molecular weight is 262 g/mol. The number of anilines is 1. The van der Waals surface area contributed by atoms with E-state index in [9.17, 15) is 9.90 Å². The molecule has 3 N–H and O–H groups in total. The number of nitrogens with one attached hydrogen (secondary N) is 2. The summed E-state index contributed by atoms with van der Waals surface area (Å²) in [5.74, 6) is 0.331. The van der Waals surface area contributed by atoms with Gasteiger partial charge in [-0.2, -0.15) is 0 Å². The van der Waals surface area contributed by atoms with Crippen LogP contribution in [-0.4, -0.2) is 32.1 Å². The van der Waals surface area contributed by atoms with Crippen LogP contribution in [0.5, 0.6) is 0 Å². The summed E-state index contributed by atoms with van der Waals surface area (Å²) in [5, 5.41) is 13.1. The Hall–Kier alpha value is -2.11. The quantitative estimate of drug-likeness (QED) is 0.743. The Bertz CT molecular complexity index is 579. The summed E-state index contributed by atoms with van der Waals surface area (Å²) in [5.41, 5.74) is 0.717. The van der Waals surface area contributed by atoms with Gasteiger partial charge in [0.25, 0.3) is 0 Å². The minimum absolute atomic E-state index is 0.576. The molecule has 2 aromatic rings. The van der Waals surface area contributed by atoms with E-state index < -0.39 is 12.0 Å². The second-order valence-corrected chi connectivity index (χ2v) is 4.54. The molecule has 0 fully saturated rings. The van der Waals surface area contributed by atoms with Gasteiger partial charge in [0.2, 0.25) is 0 Å². The summed E-state index contributed by atoms with van der Waals surface area (Å²) in [4.78, 5) is 22.8. The normalized spacial score (nSPS) is 12.5. The van der Waals surface area contributed by atoms with Crippen molar-refractivity contribution >= 4 is 22.8 Å². The molecule has 0 amide bonds. The number of carboxylic acid groups (broad SMARTS) is 1. The van der Waals surface area contributed by atoms with Crippen molar-refractivity contribution in [2.75, 3.05) is 5.32 Å². The van der Waals surface area contributed by atoms with Crippen molar-refractivity contribution in [1.29, 1.82) is 0 Å². The highest BCUT2D eigenvalue weighted by molar-refractivity contribution is 5.89. The zero-order valence-electron chi connectivity index (χ0n) is 11.1. The lowest BCUT2D eigenvalue weighted by atomic mass is 10.1. The Kier molecular flexibility index (Phi) is 3.99. The predicted molar refractivity (Wildman–Crippen MR) is 73.2 cm³/mol. The number of rotatable bonds is 6. The number of nitrogens with zero attached hydrogens (tertiary/aromatic N) is 2. The number of aromatic amines is 1. The van der Waals surface area contributed by atoms with Crippen LogP contribution >= 0.6 is 0 Å². The molecular weight excluding hydrogens is 244 g/mol. The number of aromatic nitrogens is 3. The third-order valence-electron chi connectivity index (χ3n) is 2.98. The minimum Gasteiger partial charge on any atom is -0.480 e. The van der Waals surface area contributed by atoms with Crippen molar-refractivity contribution < 1.29 is 9.90 Å². The Labute approximate surface area is 111 Å². The van der Waals surface area contributed by atoms with Gasteiger partial charge in [-0.25, -0.2) is 14.8 Å². The summed E-state index contributed by atoms with van der Waals surface area (Å²) in [6.07, 6.45) is 4.19. The van der Waals surface area contributed by atoms with Crippen LogP contribution in [0.1, 0.15) is 32.0 Å². The van der Waals surface area contributed by atoms with Gasteiger partial charge in [-0.3, -0.25) is 0 Å². The molecule has 0 aliphatic rings. The predicted octanol–water partition coefficient (Wildman–Crippen LogP) is 2.32. The number of unbranched alkanes of at least 4 members (excludes halogenated alkanes) is 1. The van der Waals surface area contributed by atoms with Crippen molar-refractivity contribution in [3.05, 3.63) is 18.1 Å². The molecule has 19 heavy (non-hydrogen) atoms. The molecule has 2 heterocycles. The Morgan fingerprint density at radius 2 is 2.32 bits per heavy atom. The first kappa shape index (κ1) is 13.3. The van der Waals surface area contributed by atoms with Crippen molar-refractivity contribution in [3.8, 4) is 0 Å². The first-order valence-corrected chi connectivity index (χ1v) is 6.43. The maximum absolute atomic E-state index is 11.3. The molecule has 6 heteroatoms. The second-order valence-electron chi connectivity index (χ2n) is 4.54. The van der Waals surface area contributed by atoms with Gasteiger partial charge < -0.3 is 15.4 Å². The lowest BCUT2D eigenvalue weighted by Crippen LogP contribution is -2.29. The van der Waals surface area contributed by atoms with E-state index in [-0.39, 0.29) is 0 Å². The fourth-order valence-electron chi connectivity index (χ4n) is 1.99. The summed E-state index contributed by atoms with van der Waals surface area (Å²) < 4.78 is 0.